The topological polar surface area (TPSA) is 86.7 Å². The number of anilines is 2. The van der Waals surface area contributed by atoms with E-state index in [1.807, 2.05) is 6.07 Å². The van der Waals surface area contributed by atoms with Crippen LogP contribution in [0.4, 0.5) is 11.4 Å². The van der Waals surface area contributed by atoms with Crippen molar-refractivity contribution in [2.75, 3.05) is 9.84 Å². The number of nitrogens with one attached hydrogen (secondary N) is 1. The summed E-state index contributed by atoms with van der Waals surface area (Å²) in [7, 11) is -3.97. The average molecular weight is 368 g/mol. The molecular formula is C19H16N2O4S. The summed E-state index contributed by atoms with van der Waals surface area (Å²) >= 11 is 0. The van der Waals surface area contributed by atoms with Gasteiger partial charge in [0.15, 0.2) is 0 Å². The highest BCUT2D eigenvalue weighted by molar-refractivity contribution is 7.92. The molecule has 3 aromatic carbocycles. The van der Waals surface area contributed by atoms with E-state index in [1.54, 1.807) is 54.6 Å². The van der Waals surface area contributed by atoms with Gasteiger partial charge in [-0.2, -0.15) is 12.8 Å². The minimum atomic E-state index is -3.97. The number of sulfonamides is 1. The van der Waals surface area contributed by atoms with Crippen LogP contribution in [-0.2, 0) is 10.0 Å². The third-order valence-electron chi connectivity index (χ3n) is 3.63. The van der Waals surface area contributed by atoms with Gasteiger partial charge < -0.3 is 5.11 Å². The Labute approximate surface area is 151 Å². The van der Waals surface area contributed by atoms with Gasteiger partial charge in [0, 0.05) is 0 Å². The molecule has 0 saturated heterocycles. The molecule has 7 heteroatoms. The number of carbonyl (C=O) groups is 1. The molecule has 132 valence electrons. The highest BCUT2D eigenvalue weighted by Gasteiger charge is 2.25. The lowest BCUT2D eigenvalue weighted by Gasteiger charge is -2.26. The summed E-state index contributed by atoms with van der Waals surface area (Å²) in [5.74, 6) is -1.11. The summed E-state index contributed by atoms with van der Waals surface area (Å²) in [5.41, 5.74) is 3.95. The van der Waals surface area contributed by atoms with Crippen LogP contribution >= 0.6 is 0 Å². The highest BCUT2D eigenvalue weighted by atomic mass is 32.2. The first-order valence-corrected chi connectivity index (χ1v) is 9.18. The van der Waals surface area contributed by atoms with Gasteiger partial charge in [-0.15, -0.1) is 0 Å². The summed E-state index contributed by atoms with van der Waals surface area (Å²) < 4.78 is 27.3. The molecule has 0 aliphatic carbocycles. The zero-order chi connectivity index (χ0) is 18.6. The van der Waals surface area contributed by atoms with E-state index in [0.717, 1.165) is 4.41 Å². The number of carboxylic acids is 1. The fourth-order valence-corrected chi connectivity index (χ4v) is 3.65. The van der Waals surface area contributed by atoms with Crippen LogP contribution in [-0.4, -0.2) is 19.5 Å². The molecule has 3 aromatic rings. The Morgan fingerprint density at radius 1 is 0.808 bits per heavy atom. The van der Waals surface area contributed by atoms with Gasteiger partial charge in [0.2, 0.25) is 0 Å². The summed E-state index contributed by atoms with van der Waals surface area (Å²) in [6, 6.07) is 22.6. The molecule has 0 atom stereocenters. The van der Waals surface area contributed by atoms with Crippen LogP contribution in [0.1, 0.15) is 10.4 Å². The van der Waals surface area contributed by atoms with Gasteiger partial charge >= 0.3 is 5.97 Å². The number of hydrogen-bond donors (Lipinski definition) is 2. The fraction of sp³-hybridized carbons (Fsp3) is 0. The summed E-state index contributed by atoms with van der Waals surface area (Å²) in [4.78, 5) is 11.0. The van der Waals surface area contributed by atoms with Crippen molar-refractivity contribution in [2.24, 2.45) is 0 Å². The second-order valence-corrected chi connectivity index (χ2v) is 7.20. The van der Waals surface area contributed by atoms with E-state index in [4.69, 9.17) is 5.11 Å². The van der Waals surface area contributed by atoms with Crippen molar-refractivity contribution < 1.29 is 18.3 Å². The number of nitrogens with zero attached hydrogens (tertiary/aromatic N) is 1. The Kier molecular flexibility index (Phi) is 4.90. The monoisotopic (exact) mass is 368 g/mol. The van der Waals surface area contributed by atoms with Gasteiger partial charge in [-0.3, -0.25) is 5.43 Å². The molecule has 0 aliphatic rings. The third-order valence-corrected chi connectivity index (χ3v) is 5.29. The van der Waals surface area contributed by atoms with Crippen LogP contribution in [0.25, 0.3) is 0 Å². The Balaban J connectivity index is 2.03. The predicted octanol–water partition coefficient (Wildman–Crippen LogP) is 3.61. The van der Waals surface area contributed by atoms with Crippen molar-refractivity contribution in [3.05, 3.63) is 90.5 Å². The van der Waals surface area contributed by atoms with E-state index in [9.17, 15) is 13.2 Å². The van der Waals surface area contributed by atoms with Gasteiger partial charge in [-0.25, -0.2) is 4.79 Å². The fourth-order valence-electron chi connectivity index (χ4n) is 2.33. The van der Waals surface area contributed by atoms with Gasteiger partial charge in [0.05, 0.1) is 21.8 Å². The molecule has 6 nitrogen and oxygen atoms in total. The van der Waals surface area contributed by atoms with Crippen LogP contribution in [0.3, 0.4) is 0 Å². The first-order chi connectivity index (χ1) is 12.5. The largest absolute Gasteiger partial charge is 0.478 e. The zero-order valence-corrected chi connectivity index (χ0v) is 14.4. The Morgan fingerprint density at radius 2 is 1.35 bits per heavy atom. The van der Waals surface area contributed by atoms with E-state index in [-0.39, 0.29) is 10.5 Å². The van der Waals surface area contributed by atoms with Crippen molar-refractivity contribution in [3.63, 3.8) is 0 Å². The quantitative estimate of drug-likeness (QED) is 0.649. The number of para-hydroxylation sites is 2. The summed E-state index contributed by atoms with van der Waals surface area (Å²) in [5, 5.41) is 8.99. The normalized spacial score (nSPS) is 10.9. The molecule has 0 amide bonds. The van der Waals surface area contributed by atoms with E-state index in [2.05, 4.69) is 5.43 Å². The first kappa shape index (κ1) is 17.5. The Hall–Kier alpha value is -3.32. The van der Waals surface area contributed by atoms with Gasteiger partial charge in [-0.05, 0) is 48.5 Å². The smallest absolute Gasteiger partial charge is 0.335 e. The zero-order valence-electron chi connectivity index (χ0n) is 13.6. The van der Waals surface area contributed by atoms with Crippen molar-refractivity contribution in [1.29, 1.82) is 0 Å². The van der Waals surface area contributed by atoms with Gasteiger partial charge in [-0.1, -0.05) is 36.4 Å². The number of benzene rings is 3. The lowest BCUT2D eigenvalue weighted by molar-refractivity contribution is 0.0696. The molecule has 0 bridgehead atoms. The predicted molar refractivity (Wildman–Crippen MR) is 99.6 cm³/mol. The molecule has 0 aromatic heterocycles. The number of carboxylic acid groups (broad SMARTS) is 1. The van der Waals surface area contributed by atoms with E-state index >= 15 is 0 Å². The average Bonchev–Trinajstić information content (AvgIpc) is 2.67. The van der Waals surface area contributed by atoms with E-state index < -0.39 is 16.0 Å². The van der Waals surface area contributed by atoms with Gasteiger partial charge in [0.25, 0.3) is 10.0 Å². The maximum Gasteiger partial charge on any atom is 0.335 e. The molecule has 0 heterocycles. The molecule has 0 saturated carbocycles. The van der Waals surface area contributed by atoms with Crippen LogP contribution in [0.5, 0.6) is 0 Å². The second kappa shape index (κ2) is 7.28. The molecule has 26 heavy (non-hydrogen) atoms. The molecule has 0 aliphatic heterocycles. The Morgan fingerprint density at radius 3 is 1.88 bits per heavy atom. The molecule has 0 radical (unpaired) electrons. The maximum atomic E-state index is 13.1. The van der Waals surface area contributed by atoms with E-state index in [1.165, 1.54) is 24.3 Å². The minimum absolute atomic E-state index is 0.0187. The molecule has 0 fully saturated rings. The number of aromatic carboxylic acids is 1. The number of hydrazine groups is 1. The molecular weight excluding hydrogens is 352 g/mol. The summed E-state index contributed by atoms with van der Waals surface area (Å²) in [6.45, 7) is 0. The highest BCUT2D eigenvalue weighted by Crippen LogP contribution is 2.24. The number of hydrogen-bond acceptors (Lipinski definition) is 4. The second-order valence-electron chi connectivity index (χ2n) is 5.41. The van der Waals surface area contributed by atoms with Crippen molar-refractivity contribution in [3.8, 4) is 0 Å². The van der Waals surface area contributed by atoms with Crippen LogP contribution in [0.2, 0.25) is 0 Å². The molecule has 0 spiro atoms. The van der Waals surface area contributed by atoms with Crippen LogP contribution in [0, 0.1) is 0 Å². The third kappa shape index (κ3) is 3.68. The first-order valence-electron chi connectivity index (χ1n) is 7.74. The van der Waals surface area contributed by atoms with Crippen molar-refractivity contribution in [1.82, 2.24) is 0 Å². The Bertz CT molecular complexity index is 989. The molecule has 2 N–H and O–H groups in total. The van der Waals surface area contributed by atoms with Crippen molar-refractivity contribution in [2.45, 2.75) is 4.90 Å². The SMILES string of the molecule is O=C(O)c1ccc(S(=O)(=O)N(Nc2ccccc2)c2ccccc2)cc1. The van der Waals surface area contributed by atoms with Crippen LogP contribution < -0.4 is 9.84 Å². The van der Waals surface area contributed by atoms with E-state index in [0.29, 0.717) is 11.4 Å². The lowest BCUT2D eigenvalue weighted by atomic mass is 10.2. The lowest BCUT2D eigenvalue weighted by Crippen LogP contribution is -2.36. The van der Waals surface area contributed by atoms with Gasteiger partial charge in [0.1, 0.15) is 0 Å². The standard InChI is InChI=1S/C19H16N2O4S/c22-19(23)15-11-13-18(14-12-15)26(24,25)21(17-9-5-2-6-10-17)20-16-7-3-1-4-8-16/h1-14,20H,(H,22,23). The van der Waals surface area contributed by atoms with Crippen molar-refractivity contribution >= 4 is 27.4 Å². The summed E-state index contributed by atoms with van der Waals surface area (Å²) in [6.07, 6.45) is 0. The molecule has 3 rings (SSSR count). The maximum absolute atomic E-state index is 13.1. The minimum Gasteiger partial charge on any atom is -0.478 e. The van der Waals surface area contributed by atoms with Crippen LogP contribution in [0.15, 0.2) is 89.8 Å². The number of rotatable bonds is 6. The molecule has 0 unspecified atom stereocenters.